The first-order valence-corrected chi connectivity index (χ1v) is 22.7. The normalized spacial score (nSPS) is 14.5. The van der Waals surface area contributed by atoms with Gasteiger partial charge in [0.1, 0.15) is 11.5 Å². The van der Waals surface area contributed by atoms with E-state index >= 15 is 0 Å². The first-order chi connectivity index (χ1) is 34.1. The van der Waals surface area contributed by atoms with Crippen LogP contribution in [0, 0.1) is 17.9 Å². The average Bonchev–Trinajstić information content (AvgIpc) is 4.12. The summed E-state index contributed by atoms with van der Waals surface area (Å²) in [6.07, 6.45) is 7.71. The van der Waals surface area contributed by atoms with Crippen LogP contribution in [-0.4, -0.2) is 28.7 Å². The van der Waals surface area contributed by atoms with Gasteiger partial charge < -0.3 is 18.4 Å². The van der Waals surface area contributed by atoms with Crippen LogP contribution in [0.5, 0.6) is 11.5 Å². The van der Waals surface area contributed by atoms with Crippen LogP contribution in [0.4, 0.5) is 5.69 Å². The van der Waals surface area contributed by atoms with E-state index in [0.717, 1.165) is 128 Å². The van der Waals surface area contributed by atoms with Crippen LogP contribution >= 0.6 is 0 Å². The largest absolute Gasteiger partial charge is 0.457 e. The first-order valence-electron chi connectivity index (χ1n) is 22.7. The molecule has 1 atom stereocenters. The highest BCUT2D eigenvalue weighted by Gasteiger charge is 2.53. The predicted molar refractivity (Wildman–Crippen MR) is 271 cm³/mol. The zero-order valence-electron chi connectivity index (χ0n) is 36.5. The molecule has 0 N–H and O–H groups in total. The summed E-state index contributed by atoms with van der Waals surface area (Å²) < 4.78 is 13.8. The van der Waals surface area contributed by atoms with Gasteiger partial charge in [0.15, 0.2) is 5.69 Å². The lowest BCUT2D eigenvalue weighted by atomic mass is 9.66. The third-order valence-corrected chi connectivity index (χ3v) is 14.5. The summed E-state index contributed by atoms with van der Waals surface area (Å²) in [7, 11) is 0. The van der Waals surface area contributed by atoms with Crippen molar-refractivity contribution in [2.24, 2.45) is 0 Å². The minimum atomic E-state index is -0.989. The lowest BCUT2D eigenvalue weighted by molar-refractivity contribution is 0.436. The van der Waals surface area contributed by atoms with Crippen LogP contribution in [0.1, 0.15) is 27.8 Å². The maximum Gasteiger partial charge on any atom is 0.188 e. The number of ether oxygens (including phenoxy) is 1. The number of benzene rings is 7. The molecule has 0 radical (unpaired) electrons. The van der Waals surface area contributed by atoms with Gasteiger partial charge in [-0.25, -0.2) is 4.85 Å². The lowest BCUT2D eigenvalue weighted by Gasteiger charge is -2.39. The van der Waals surface area contributed by atoms with E-state index in [2.05, 4.69) is 145 Å². The van der Waals surface area contributed by atoms with E-state index in [1.54, 1.807) is 0 Å². The Morgan fingerprint density at radius 2 is 1.00 bits per heavy atom. The number of pyridine rings is 3. The van der Waals surface area contributed by atoms with Crippen molar-refractivity contribution in [1.29, 1.82) is 5.26 Å². The van der Waals surface area contributed by atoms with Gasteiger partial charge in [0.2, 0.25) is 0 Å². The number of rotatable bonds is 3. The zero-order valence-corrected chi connectivity index (χ0v) is 36.5. The van der Waals surface area contributed by atoms with E-state index in [-0.39, 0.29) is 0 Å². The topological polar surface area (TPSA) is 90.8 Å². The van der Waals surface area contributed by atoms with Gasteiger partial charge in [-0.1, -0.05) is 78.9 Å². The Labute approximate surface area is 393 Å². The van der Waals surface area contributed by atoms with Crippen LogP contribution in [0.15, 0.2) is 195 Å². The van der Waals surface area contributed by atoms with Crippen LogP contribution in [0.2, 0.25) is 0 Å². The third-order valence-electron chi connectivity index (χ3n) is 14.5. The van der Waals surface area contributed by atoms with Gasteiger partial charge in [0.25, 0.3) is 0 Å². The second-order valence-corrected chi connectivity index (χ2v) is 17.8. The molecular formula is C60H32N8O. The SMILES string of the molecule is [C-]#[N+]c1ccc2c(c1)c1ccccc1n2-c1cnc2c(c1)C1(c3ccccc3Oc3ccc(-n4c5ccccc5c5ccncc54)cc31)c1cc(-n3c4ccccc4c4cc(C#N)ccc43)cnc1-2. The quantitative estimate of drug-likeness (QED) is 0.165. The molecule has 1 aliphatic carbocycles. The molecule has 0 saturated heterocycles. The van der Waals surface area contributed by atoms with Crippen molar-refractivity contribution in [3.05, 3.63) is 234 Å². The van der Waals surface area contributed by atoms with Gasteiger partial charge in [-0.2, -0.15) is 5.26 Å². The second kappa shape index (κ2) is 13.6. The van der Waals surface area contributed by atoms with Crippen molar-refractivity contribution in [3.63, 3.8) is 0 Å². The predicted octanol–water partition coefficient (Wildman–Crippen LogP) is 14.1. The Morgan fingerprint density at radius 3 is 1.67 bits per heavy atom. The Morgan fingerprint density at radius 1 is 0.464 bits per heavy atom. The van der Waals surface area contributed by atoms with Crippen molar-refractivity contribution < 1.29 is 4.74 Å². The minimum absolute atomic E-state index is 0.591. The lowest BCUT2D eigenvalue weighted by Crippen LogP contribution is -2.32. The Kier molecular flexibility index (Phi) is 7.38. The van der Waals surface area contributed by atoms with Crippen molar-refractivity contribution in [2.75, 3.05) is 0 Å². The van der Waals surface area contributed by atoms with Gasteiger partial charge in [0, 0.05) is 61.1 Å². The fraction of sp³-hybridized carbons (Fsp3) is 0.0167. The Hall–Kier alpha value is -9.83. The number of hydrogen-bond acceptors (Lipinski definition) is 5. The van der Waals surface area contributed by atoms with Crippen LogP contribution in [0.3, 0.4) is 0 Å². The summed E-state index contributed by atoms with van der Waals surface area (Å²) >= 11 is 0. The maximum absolute atomic E-state index is 9.98. The monoisotopic (exact) mass is 880 g/mol. The highest BCUT2D eigenvalue weighted by molar-refractivity contribution is 6.12. The molecule has 7 aromatic carbocycles. The third kappa shape index (κ3) is 4.87. The van der Waals surface area contributed by atoms with E-state index < -0.39 is 5.41 Å². The zero-order chi connectivity index (χ0) is 45.5. The van der Waals surface area contributed by atoms with Crippen LogP contribution in [-0.2, 0) is 5.41 Å². The number of hydrogen-bond donors (Lipinski definition) is 0. The fourth-order valence-electron chi connectivity index (χ4n) is 11.7. The molecular weight excluding hydrogens is 849 g/mol. The van der Waals surface area contributed by atoms with Gasteiger partial charge in [-0.3, -0.25) is 15.0 Å². The second-order valence-electron chi connectivity index (χ2n) is 17.8. The summed E-state index contributed by atoms with van der Waals surface area (Å²) in [5, 5.41) is 16.4. The van der Waals surface area contributed by atoms with Crippen LogP contribution in [0.25, 0.3) is 98.7 Å². The summed E-state index contributed by atoms with van der Waals surface area (Å²) in [6, 6.07) is 61.0. The molecule has 1 spiro atoms. The molecule has 69 heavy (non-hydrogen) atoms. The van der Waals surface area contributed by atoms with Gasteiger partial charge in [-0.15, -0.1) is 0 Å². The Bertz CT molecular complexity index is 4280. The molecule has 6 aromatic heterocycles. The van der Waals surface area contributed by atoms with Crippen molar-refractivity contribution >= 4 is 71.1 Å². The summed E-state index contributed by atoms with van der Waals surface area (Å²) in [4.78, 5) is 19.3. The van der Waals surface area contributed by atoms with E-state index in [1.807, 2.05) is 79.4 Å². The summed E-state index contributed by atoms with van der Waals surface area (Å²) in [5.41, 5.74) is 14.4. The number of nitrogens with zero attached hydrogens (tertiary/aromatic N) is 8. The van der Waals surface area contributed by atoms with Crippen LogP contribution < -0.4 is 4.74 Å². The van der Waals surface area contributed by atoms with E-state index in [4.69, 9.17) is 21.3 Å². The summed E-state index contributed by atoms with van der Waals surface area (Å²) in [5.74, 6) is 1.48. The van der Waals surface area contributed by atoms with Crippen molar-refractivity contribution in [3.8, 4) is 46.0 Å². The maximum atomic E-state index is 9.98. The number of fused-ring (bicyclic) bond motifs is 18. The molecule has 0 bridgehead atoms. The molecule has 9 nitrogen and oxygen atoms in total. The Balaban J connectivity index is 1.07. The van der Waals surface area contributed by atoms with Gasteiger partial charge >= 0.3 is 0 Å². The van der Waals surface area contributed by atoms with E-state index in [0.29, 0.717) is 11.3 Å². The molecule has 1 unspecified atom stereocenters. The molecule has 0 saturated carbocycles. The average molecular weight is 881 g/mol. The fourth-order valence-corrected chi connectivity index (χ4v) is 11.7. The van der Waals surface area contributed by atoms with Gasteiger partial charge in [-0.05, 0) is 96.4 Å². The van der Waals surface area contributed by atoms with E-state index in [1.165, 1.54) is 0 Å². The molecule has 7 heterocycles. The molecule has 0 amide bonds. The molecule has 0 fully saturated rings. The standard InChI is InChI=1S/C60H32N8O/c1-62-36-19-22-54-45(27-36)42-12-4-8-16-52(42)68(54)39-30-49-59(65-33-39)58-48(29-38(32-64-58)67-51-15-7-3-11-41(51)44-26-35(31-61)18-21-53(44)67)60(49)46-13-5-9-17-56(46)69-57-23-20-37(28-47(57)60)66-50-14-6-2-10-40(50)43-24-25-63-34-55(43)66/h2-30,32-34H. The van der Waals surface area contributed by atoms with Gasteiger partial charge in [0.05, 0.1) is 98.1 Å². The smallest absolute Gasteiger partial charge is 0.188 e. The van der Waals surface area contributed by atoms with E-state index in [9.17, 15) is 5.26 Å². The summed E-state index contributed by atoms with van der Waals surface area (Å²) in [6.45, 7) is 7.85. The van der Waals surface area contributed by atoms with Crippen molar-refractivity contribution in [2.45, 2.75) is 5.41 Å². The number of para-hydroxylation sites is 4. The molecule has 1 aliphatic heterocycles. The highest BCUT2D eigenvalue weighted by atomic mass is 16.5. The molecule has 9 heteroatoms. The molecule has 15 rings (SSSR count). The number of aromatic nitrogens is 6. The number of nitriles is 1. The van der Waals surface area contributed by atoms with Crippen molar-refractivity contribution in [1.82, 2.24) is 28.7 Å². The highest BCUT2D eigenvalue weighted by Crippen LogP contribution is 2.62. The molecule has 2 aliphatic rings. The minimum Gasteiger partial charge on any atom is -0.457 e. The molecule has 318 valence electrons. The molecule has 13 aromatic rings. The first kappa shape index (κ1) is 37.4.